The minimum absolute atomic E-state index is 0.0242. The van der Waals surface area contributed by atoms with Gasteiger partial charge in [0.15, 0.2) is 0 Å². The Morgan fingerprint density at radius 2 is 1.13 bits per heavy atom. The second kappa shape index (κ2) is 10.3. The van der Waals surface area contributed by atoms with E-state index in [1.165, 1.54) is 6.26 Å². The minimum atomic E-state index is -0.883. The van der Waals surface area contributed by atoms with Crippen molar-refractivity contribution in [1.82, 2.24) is 0 Å². The molecule has 4 aliphatic carbocycles. The van der Waals surface area contributed by atoms with E-state index in [4.69, 9.17) is 13.9 Å². The number of carbonyl (C=O) groups excluding carboxylic acids is 2. The zero-order valence-electron chi connectivity index (χ0n) is 20.9. The standard InChI is InChI=1S/C31H26O7/c1-3-36-30(34)25-20-14-9-5-7-12-18(20)23(28(25)32)27(22-16-11-17-38-22)24-19-13-8-6-10-15-21(19)26(29(24)33)31(35)37-4-2/h5-17,27,32-33H,3-4H2,1-2H3. The highest BCUT2D eigenvalue weighted by Crippen LogP contribution is 2.55. The van der Waals surface area contributed by atoms with Crippen LogP contribution in [0.25, 0.3) is 22.3 Å². The van der Waals surface area contributed by atoms with Gasteiger partial charge in [-0.15, -0.1) is 0 Å². The summed E-state index contributed by atoms with van der Waals surface area (Å²) in [6.07, 6.45) is 1.49. The van der Waals surface area contributed by atoms with Crippen molar-refractivity contribution in [2.24, 2.45) is 0 Å². The van der Waals surface area contributed by atoms with Crippen molar-refractivity contribution in [1.29, 1.82) is 0 Å². The fraction of sp³-hybridized carbons (Fsp3) is 0.161. The van der Waals surface area contributed by atoms with E-state index in [1.807, 2.05) is 12.1 Å². The summed E-state index contributed by atoms with van der Waals surface area (Å²) < 4.78 is 16.4. The van der Waals surface area contributed by atoms with Gasteiger partial charge >= 0.3 is 11.9 Å². The van der Waals surface area contributed by atoms with Crippen LogP contribution in [0.4, 0.5) is 0 Å². The molecule has 7 heteroatoms. The molecular weight excluding hydrogens is 484 g/mol. The number of hydrogen-bond donors (Lipinski definition) is 2. The lowest BCUT2D eigenvalue weighted by Crippen LogP contribution is -2.06. The van der Waals surface area contributed by atoms with Gasteiger partial charge in [-0.3, -0.25) is 0 Å². The summed E-state index contributed by atoms with van der Waals surface area (Å²) >= 11 is 0. The maximum absolute atomic E-state index is 13.0. The van der Waals surface area contributed by atoms with E-state index in [0.29, 0.717) is 39.1 Å². The second-order valence-corrected chi connectivity index (χ2v) is 8.64. The van der Waals surface area contributed by atoms with Gasteiger partial charge in [-0.2, -0.15) is 0 Å². The van der Waals surface area contributed by atoms with Gasteiger partial charge in [0.1, 0.15) is 28.4 Å². The highest BCUT2D eigenvalue weighted by atomic mass is 16.5. The number of esters is 2. The first-order valence-corrected chi connectivity index (χ1v) is 12.3. The summed E-state index contributed by atoms with van der Waals surface area (Å²) in [6, 6.07) is 21.2. The Morgan fingerprint density at radius 3 is 1.53 bits per heavy atom. The van der Waals surface area contributed by atoms with E-state index >= 15 is 0 Å². The van der Waals surface area contributed by atoms with E-state index in [9.17, 15) is 19.8 Å². The highest BCUT2D eigenvalue weighted by molar-refractivity contribution is 6.06. The molecule has 7 nitrogen and oxygen atoms in total. The largest absolute Gasteiger partial charge is 0.507 e. The van der Waals surface area contributed by atoms with Crippen molar-refractivity contribution < 1.29 is 33.7 Å². The van der Waals surface area contributed by atoms with Crippen molar-refractivity contribution in [3.63, 3.8) is 0 Å². The van der Waals surface area contributed by atoms with E-state index in [1.54, 1.807) is 74.5 Å². The van der Waals surface area contributed by atoms with Crippen LogP contribution in [0, 0.1) is 0 Å². The number of furan rings is 1. The van der Waals surface area contributed by atoms with Crippen molar-refractivity contribution in [3.05, 3.63) is 107 Å². The van der Waals surface area contributed by atoms with Crippen LogP contribution in [0.3, 0.4) is 0 Å². The van der Waals surface area contributed by atoms with Crippen molar-refractivity contribution in [3.8, 4) is 33.8 Å². The molecule has 2 N–H and O–H groups in total. The Kier molecular flexibility index (Phi) is 6.75. The quantitative estimate of drug-likeness (QED) is 0.243. The zero-order valence-corrected chi connectivity index (χ0v) is 20.9. The first-order chi connectivity index (χ1) is 18.5. The fourth-order valence-electron chi connectivity index (χ4n) is 5.07. The van der Waals surface area contributed by atoms with Crippen LogP contribution in [0.1, 0.15) is 57.4 Å². The molecule has 1 heterocycles. The molecule has 0 atom stereocenters. The number of carbonyl (C=O) groups is 2. The lowest BCUT2D eigenvalue weighted by Gasteiger charge is -2.18. The Hall–Kier alpha value is -4.78. The van der Waals surface area contributed by atoms with Crippen LogP contribution in [-0.4, -0.2) is 35.4 Å². The monoisotopic (exact) mass is 510 g/mol. The molecule has 0 aromatic carbocycles. The van der Waals surface area contributed by atoms with Gasteiger partial charge in [0.2, 0.25) is 0 Å². The molecular formula is C31H26O7. The molecule has 1 aromatic heterocycles. The van der Waals surface area contributed by atoms with Crippen LogP contribution in [0.5, 0.6) is 11.5 Å². The first-order valence-electron chi connectivity index (χ1n) is 12.3. The van der Waals surface area contributed by atoms with E-state index < -0.39 is 17.9 Å². The van der Waals surface area contributed by atoms with Crippen molar-refractivity contribution in [2.75, 3.05) is 13.2 Å². The predicted molar refractivity (Wildman–Crippen MR) is 141 cm³/mol. The van der Waals surface area contributed by atoms with Crippen molar-refractivity contribution in [2.45, 2.75) is 19.8 Å². The van der Waals surface area contributed by atoms with E-state index in [0.717, 1.165) is 0 Å². The number of hydrogen-bond acceptors (Lipinski definition) is 7. The minimum Gasteiger partial charge on any atom is -0.507 e. The second-order valence-electron chi connectivity index (χ2n) is 8.64. The summed E-state index contributed by atoms with van der Waals surface area (Å²) in [4.78, 5) is 26.0. The molecule has 5 rings (SSSR count). The molecule has 0 aliphatic heterocycles. The summed E-state index contributed by atoms with van der Waals surface area (Å²) in [5, 5.41) is 23.2. The Bertz CT molecular complexity index is 1450. The van der Waals surface area contributed by atoms with Crippen LogP contribution < -0.4 is 0 Å². The number of rotatable bonds is 7. The molecule has 0 saturated carbocycles. The number of aromatic hydroxyl groups is 2. The van der Waals surface area contributed by atoms with Gasteiger partial charge < -0.3 is 24.1 Å². The zero-order chi connectivity index (χ0) is 26.8. The van der Waals surface area contributed by atoms with Gasteiger partial charge in [0, 0.05) is 22.3 Å². The van der Waals surface area contributed by atoms with Gasteiger partial charge in [-0.25, -0.2) is 9.59 Å². The summed E-state index contributed by atoms with van der Waals surface area (Å²) in [5.74, 6) is -2.37. The van der Waals surface area contributed by atoms with Crippen molar-refractivity contribution >= 4 is 11.9 Å². The Labute approximate surface area is 219 Å². The smallest absolute Gasteiger partial charge is 0.342 e. The number of fused-ring (bicyclic) bond motifs is 2. The normalized spacial score (nSPS) is 11.2. The summed E-state index contributed by atoms with van der Waals surface area (Å²) in [7, 11) is 0. The SMILES string of the molecule is CCOC(=O)c1c2cccccc-2c(C(c2ccco2)c2c3cccccc-3c(C(=O)OCC)c2O)c1O. The molecule has 0 radical (unpaired) electrons. The lowest BCUT2D eigenvalue weighted by atomic mass is 9.86. The van der Waals surface area contributed by atoms with Crippen LogP contribution in [0.15, 0.2) is 83.5 Å². The molecule has 38 heavy (non-hydrogen) atoms. The molecule has 0 amide bonds. The third-order valence-corrected chi connectivity index (χ3v) is 6.54. The number of ether oxygens (including phenoxy) is 2. The summed E-state index contributed by atoms with van der Waals surface area (Å²) in [6.45, 7) is 3.65. The maximum atomic E-state index is 13.0. The first kappa shape index (κ1) is 24.9. The van der Waals surface area contributed by atoms with E-state index in [2.05, 4.69) is 0 Å². The molecule has 0 unspecified atom stereocenters. The predicted octanol–water partition coefficient (Wildman–Crippen LogP) is 6.43. The molecule has 0 fully saturated rings. The summed E-state index contributed by atoms with van der Waals surface area (Å²) in [5.41, 5.74) is 2.87. The topological polar surface area (TPSA) is 106 Å². The maximum Gasteiger partial charge on any atom is 0.342 e. The average molecular weight is 511 g/mol. The third kappa shape index (κ3) is 4.02. The molecule has 0 spiro atoms. The highest BCUT2D eigenvalue weighted by Gasteiger charge is 2.40. The van der Waals surface area contributed by atoms with Gasteiger partial charge in [-0.1, -0.05) is 60.7 Å². The molecule has 0 saturated heterocycles. The van der Waals surface area contributed by atoms with E-state index in [-0.39, 0.29) is 35.8 Å². The van der Waals surface area contributed by atoms with Crippen LogP contribution in [-0.2, 0) is 9.47 Å². The average Bonchev–Trinajstić information content (AvgIpc) is 3.45. The lowest BCUT2D eigenvalue weighted by molar-refractivity contribution is 0.0514. The molecule has 1 aromatic rings. The fourth-order valence-corrected chi connectivity index (χ4v) is 5.07. The van der Waals surface area contributed by atoms with Gasteiger partial charge in [0.25, 0.3) is 0 Å². The van der Waals surface area contributed by atoms with Crippen LogP contribution in [0.2, 0.25) is 0 Å². The molecule has 4 aliphatic rings. The molecule has 0 bridgehead atoms. The van der Waals surface area contributed by atoms with Crippen LogP contribution >= 0.6 is 0 Å². The third-order valence-electron chi connectivity index (χ3n) is 6.54. The Balaban J connectivity index is 1.88. The van der Waals surface area contributed by atoms with Gasteiger partial charge in [-0.05, 0) is 37.1 Å². The van der Waals surface area contributed by atoms with Gasteiger partial charge in [0.05, 0.1) is 25.4 Å². The Morgan fingerprint density at radius 1 is 0.684 bits per heavy atom. The molecule has 192 valence electrons.